The van der Waals surface area contributed by atoms with Gasteiger partial charge in [0.25, 0.3) is 0 Å². The number of aliphatic hydroxyl groups is 1. The van der Waals surface area contributed by atoms with Crippen molar-refractivity contribution in [2.75, 3.05) is 20.1 Å². The second kappa shape index (κ2) is 9.73. The summed E-state index contributed by atoms with van der Waals surface area (Å²) in [5.74, 6) is 0.676. The highest BCUT2D eigenvalue weighted by Gasteiger charge is 2.12. The van der Waals surface area contributed by atoms with Crippen molar-refractivity contribution >= 4 is 51.4 Å². The minimum atomic E-state index is -0.561. The first-order chi connectivity index (χ1) is 11.8. The molecule has 0 aliphatic rings. The van der Waals surface area contributed by atoms with Gasteiger partial charge in [0.2, 0.25) is 0 Å². The first kappa shape index (κ1) is 19.7. The number of aliphatic hydroxyl groups excluding tert-OH is 1. The lowest BCUT2D eigenvalue weighted by Crippen LogP contribution is -2.40. The van der Waals surface area contributed by atoms with Crippen LogP contribution in [-0.4, -0.2) is 40.8 Å². The lowest BCUT2D eigenvalue weighted by molar-refractivity contribution is 0.184. The normalized spacial score (nSPS) is 12.6. The number of halogens is 1. The van der Waals surface area contributed by atoms with E-state index >= 15 is 0 Å². The molecule has 134 valence electrons. The van der Waals surface area contributed by atoms with Gasteiger partial charge in [-0.05, 0) is 17.5 Å². The summed E-state index contributed by atoms with van der Waals surface area (Å²) in [5.41, 5.74) is 0. The number of aliphatic imine (C=N–C) groups is 1. The van der Waals surface area contributed by atoms with Crippen LogP contribution in [0.4, 0.5) is 0 Å². The molecule has 0 aliphatic carbocycles. The van der Waals surface area contributed by atoms with Crippen molar-refractivity contribution in [3.05, 3.63) is 53.9 Å². The molecule has 2 aromatic heterocycles. The number of hydrogen-bond donors (Lipinski definition) is 3. The molecule has 25 heavy (non-hydrogen) atoms. The van der Waals surface area contributed by atoms with Gasteiger partial charge in [0.05, 0.1) is 6.33 Å². The van der Waals surface area contributed by atoms with Gasteiger partial charge in [-0.3, -0.25) is 4.99 Å². The molecule has 1 atom stereocenters. The van der Waals surface area contributed by atoms with Crippen molar-refractivity contribution in [2.45, 2.75) is 12.6 Å². The number of fused-ring (bicyclic) bond motifs is 1. The Bertz CT molecular complexity index is 769. The molecule has 3 N–H and O–H groups in total. The summed E-state index contributed by atoms with van der Waals surface area (Å²) in [6.45, 7) is 1.95. The minimum absolute atomic E-state index is 0. The molecular weight excluding hydrogens is 449 g/mol. The van der Waals surface area contributed by atoms with Gasteiger partial charge in [0, 0.05) is 48.7 Å². The van der Waals surface area contributed by atoms with Crippen LogP contribution in [0.2, 0.25) is 0 Å². The minimum Gasteiger partial charge on any atom is -0.386 e. The van der Waals surface area contributed by atoms with Crippen LogP contribution >= 0.6 is 35.3 Å². The number of aromatic nitrogens is 2. The molecule has 6 nitrogen and oxygen atoms in total. The van der Waals surface area contributed by atoms with Crippen LogP contribution in [0.25, 0.3) is 10.1 Å². The van der Waals surface area contributed by atoms with E-state index < -0.39 is 6.10 Å². The van der Waals surface area contributed by atoms with Crippen molar-refractivity contribution in [1.29, 1.82) is 0 Å². The third-order valence-electron chi connectivity index (χ3n) is 3.68. The fourth-order valence-corrected chi connectivity index (χ4v) is 3.45. The average molecular weight is 471 g/mol. The summed E-state index contributed by atoms with van der Waals surface area (Å²) < 4.78 is 3.18. The summed E-state index contributed by atoms with van der Waals surface area (Å²) >= 11 is 1.62. The molecule has 0 bridgehead atoms. The molecular formula is C17H22IN5OS. The van der Waals surface area contributed by atoms with E-state index in [1.54, 1.807) is 30.9 Å². The fraction of sp³-hybridized carbons (Fsp3) is 0.294. The highest BCUT2D eigenvalue weighted by atomic mass is 127. The van der Waals surface area contributed by atoms with E-state index in [1.807, 2.05) is 29.0 Å². The van der Waals surface area contributed by atoms with E-state index in [1.165, 1.54) is 10.1 Å². The first-order valence-electron chi connectivity index (χ1n) is 7.83. The zero-order valence-electron chi connectivity index (χ0n) is 13.9. The SMILES string of the molecule is CN=C(NCCn1ccnc1)NCC(O)c1cc2ccccc2s1.I. The van der Waals surface area contributed by atoms with Crippen molar-refractivity contribution in [3.63, 3.8) is 0 Å². The number of hydrogen-bond acceptors (Lipinski definition) is 4. The van der Waals surface area contributed by atoms with E-state index in [4.69, 9.17) is 0 Å². The van der Waals surface area contributed by atoms with Crippen LogP contribution in [0.1, 0.15) is 11.0 Å². The molecule has 0 radical (unpaired) electrons. The average Bonchev–Trinajstić information content (AvgIpc) is 3.26. The van der Waals surface area contributed by atoms with Gasteiger partial charge in [-0.15, -0.1) is 35.3 Å². The van der Waals surface area contributed by atoms with Crippen molar-refractivity contribution in [3.8, 4) is 0 Å². The van der Waals surface area contributed by atoms with E-state index in [0.29, 0.717) is 12.5 Å². The van der Waals surface area contributed by atoms with Crippen LogP contribution in [0.15, 0.2) is 54.0 Å². The summed E-state index contributed by atoms with van der Waals surface area (Å²) in [7, 11) is 1.72. The van der Waals surface area contributed by atoms with E-state index in [9.17, 15) is 5.11 Å². The number of nitrogens with one attached hydrogen (secondary N) is 2. The number of guanidine groups is 1. The molecule has 3 rings (SSSR count). The summed E-state index contributed by atoms with van der Waals surface area (Å²) in [6, 6.07) is 10.2. The quantitative estimate of drug-likeness (QED) is 0.294. The van der Waals surface area contributed by atoms with Gasteiger partial charge in [-0.25, -0.2) is 4.98 Å². The Labute approximate surface area is 168 Å². The van der Waals surface area contributed by atoms with Gasteiger partial charge in [0.15, 0.2) is 5.96 Å². The first-order valence-corrected chi connectivity index (χ1v) is 8.64. The topological polar surface area (TPSA) is 74.5 Å². The highest BCUT2D eigenvalue weighted by Crippen LogP contribution is 2.29. The van der Waals surface area contributed by atoms with Gasteiger partial charge in [-0.1, -0.05) is 18.2 Å². The largest absolute Gasteiger partial charge is 0.386 e. The van der Waals surface area contributed by atoms with Crippen LogP contribution in [0.5, 0.6) is 0 Å². The number of thiophene rings is 1. The van der Waals surface area contributed by atoms with E-state index in [-0.39, 0.29) is 24.0 Å². The molecule has 2 heterocycles. The Kier molecular flexibility index (Phi) is 7.66. The molecule has 8 heteroatoms. The summed E-state index contributed by atoms with van der Waals surface area (Å²) in [5, 5.41) is 17.9. The molecule has 0 saturated heterocycles. The Morgan fingerprint density at radius 3 is 2.92 bits per heavy atom. The predicted molar refractivity (Wildman–Crippen MR) is 114 cm³/mol. The highest BCUT2D eigenvalue weighted by molar-refractivity contribution is 14.0. The molecule has 0 amide bonds. The predicted octanol–water partition coefficient (Wildman–Crippen LogP) is 2.61. The van der Waals surface area contributed by atoms with Crippen molar-refractivity contribution in [2.24, 2.45) is 4.99 Å². The zero-order valence-corrected chi connectivity index (χ0v) is 17.1. The van der Waals surface area contributed by atoms with Crippen LogP contribution in [-0.2, 0) is 6.54 Å². The Hall–Kier alpha value is -1.65. The van der Waals surface area contributed by atoms with Gasteiger partial charge in [-0.2, -0.15) is 0 Å². The van der Waals surface area contributed by atoms with E-state index in [0.717, 1.165) is 18.0 Å². The number of benzene rings is 1. The van der Waals surface area contributed by atoms with Crippen LogP contribution in [0.3, 0.4) is 0 Å². The maximum atomic E-state index is 10.4. The lowest BCUT2D eigenvalue weighted by Gasteiger charge is -2.14. The molecule has 1 aromatic carbocycles. The fourth-order valence-electron chi connectivity index (χ4n) is 2.40. The second-order valence-electron chi connectivity index (χ2n) is 5.38. The Morgan fingerprint density at radius 1 is 1.36 bits per heavy atom. The molecule has 0 aliphatic heterocycles. The molecule has 0 saturated carbocycles. The third-order valence-corrected chi connectivity index (χ3v) is 4.90. The summed E-state index contributed by atoms with van der Waals surface area (Å²) in [4.78, 5) is 9.14. The summed E-state index contributed by atoms with van der Waals surface area (Å²) in [6.07, 6.45) is 4.90. The molecule has 1 unspecified atom stereocenters. The van der Waals surface area contributed by atoms with Crippen molar-refractivity contribution in [1.82, 2.24) is 20.2 Å². The molecule has 0 spiro atoms. The zero-order chi connectivity index (χ0) is 16.8. The van der Waals surface area contributed by atoms with Gasteiger partial charge in [0.1, 0.15) is 6.10 Å². The number of nitrogens with zero attached hydrogens (tertiary/aromatic N) is 3. The van der Waals surface area contributed by atoms with Crippen molar-refractivity contribution < 1.29 is 5.11 Å². The third kappa shape index (κ3) is 5.41. The van der Waals surface area contributed by atoms with Gasteiger partial charge >= 0.3 is 0 Å². The maximum absolute atomic E-state index is 10.4. The number of imidazole rings is 1. The molecule has 3 aromatic rings. The number of rotatable bonds is 6. The monoisotopic (exact) mass is 471 g/mol. The van der Waals surface area contributed by atoms with Crippen LogP contribution in [0, 0.1) is 0 Å². The maximum Gasteiger partial charge on any atom is 0.191 e. The Balaban J connectivity index is 0.00000225. The lowest BCUT2D eigenvalue weighted by atomic mass is 10.2. The standard InChI is InChI=1S/C17H21N5OS.HI/c1-18-17(20-7-9-22-8-6-19-12-22)21-11-14(23)16-10-13-4-2-3-5-15(13)24-16;/h2-6,8,10,12,14,23H,7,9,11H2,1H3,(H2,18,20,21);1H. The smallest absolute Gasteiger partial charge is 0.191 e. The van der Waals surface area contributed by atoms with E-state index in [2.05, 4.69) is 32.7 Å². The van der Waals surface area contributed by atoms with Gasteiger partial charge < -0.3 is 20.3 Å². The van der Waals surface area contributed by atoms with Crippen LogP contribution < -0.4 is 10.6 Å². The second-order valence-corrected chi connectivity index (χ2v) is 6.50. The Morgan fingerprint density at radius 2 is 2.20 bits per heavy atom. The molecule has 0 fully saturated rings.